The van der Waals surface area contributed by atoms with Crippen LogP contribution in [0, 0.1) is 11.3 Å². The highest BCUT2D eigenvalue weighted by molar-refractivity contribution is 5.91. The second kappa shape index (κ2) is 12.6. The highest BCUT2D eigenvalue weighted by atomic mass is 16.7. The molecule has 45 heavy (non-hydrogen) atoms. The van der Waals surface area contributed by atoms with Crippen molar-refractivity contribution in [2.45, 2.75) is 24.5 Å². The second-order valence-electron chi connectivity index (χ2n) is 9.84. The number of fused-ring (bicyclic) bond motifs is 1. The maximum absolute atomic E-state index is 13.4. The van der Waals surface area contributed by atoms with E-state index in [0.29, 0.717) is 0 Å². The molecule has 0 spiro atoms. The maximum Gasteiger partial charge on any atom is 0.338 e. The molecule has 6 rings (SSSR count). The molecule has 4 atom stereocenters. The van der Waals surface area contributed by atoms with Gasteiger partial charge < -0.3 is 23.9 Å². The van der Waals surface area contributed by atoms with E-state index in [9.17, 15) is 24.4 Å². The lowest BCUT2D eigenvalue weighted by molar-refractivity contribution is -0.0654. The Morgan fingerprint density at radius 2 is 1.36 bits per heavy atom. The summed E-state index contributed by atoms with van der Waals surface area (Å²) in [6.07, 6.45) is -4.18. The van der Waals surface area contributed by atoms with Gasteiger partial charge in [-0.15, -0.1) is 0 Å². The van der Waals surface area contributed by atoms with E-state index in [1.807, 2.05) is 6.07 Å². The number of H-pyrrole nitrogens is 1. The summed E-state index contributed by atoms with van der Waals surface area (Å²) in [6.45, 7) is -0.422. The zero-order valence-electron chi connectivity index (χ0n) is 23.3. The molecule has 1 N–H and O–H groups in total. The molecule has 224 valence electrons. The molecule has 1 fully saturated rings. The molecule has 0 unspecified atom stereocenters. The number of esters is 3. The van der Waals surface area contributed by atoms with Crippen LogP contribution in [0.4, 0.5) is 0 Å². The smallest absolute Gasteiger partial charge is 0.338 e. The number of benzene rings is 3. The maximum atomic E-state index is 13.4. The molecule has 13 heteroatoms. The van der Waals surface area contributed by atoms with Gasteiger partial charge in [0.05, 0.1) is 23.0 Å². The molecule has 13 nitrogen and oxygen atoms in total. The first-order chi connectivity index (χ1) is 21.9. The standard InChI is InChI=1S/C32H23N5O8/c33-16-22-24-27(34-18-35-28(24)38)37(36-22)29-26(45-32(41)21-14-8-3-9-15-21)25(44-31(40)20-12-6-2-7-13-20)23(43-29)17-42-30(39)19-10-4-1-5-11-19/h1-15,18,23,25-26,29H,17H2,(H,34,35,38)/t23-,25-,26+,29-/m1/s1. The predicted octanol–water partition coefficient (Wildman–Crippen LogP) is 3.20. The van der Waals surface area contributed by atoms with Gasteiger partial charge in [-0.05, 0) is 36.4 Å². The largest absolute Gasteiger partial charge is 0.459 e. The molecule has 1 saturated heterocycles. The molecule has 2 aromatic heterocycles. The van der Waals surface area contributed by atoms with Crippen molar-refractivity contribution in [3.63, 3.8) is 0 Å². The third kappa shape index (κ3) is 5.90. The number of carbonyl (C=O) groups excluding carboxylic acids is 3. The van der Waals surface area contributed by atoms with E-state index in [4.69, 9.17) is 18.9 Å². The summed E-state index contributed by atoms with van der Waals surface area (Å²) in [7, 11) is 0. The van der Waals surface area contributed by atoms with Gasteiger partial charge in [-0.1, -0.05) is 54.6 Å². The number of aromatic nitrogens is 4. The van der Waals surface area contributed by atoms with Gasteiger partial charge in [-0.25, -0.2) is 24.0 Å². The van der Waals surface area contributed by atoms with Gasteiger partial charge in [0.25, 0.3) is 5.56 Å². The molecule has 5 aromatic rings. The number of rotatable bonds is 8. The lowest BCUT2D eigenvalue weighted by Crippen LogP contribution is -2.41. The molecule has 1 aliphatic rings. The fraction of sp³-hybridized carbons (Fsp3) is 0.156. The first-order valence-corrected chi connectivity index (χ1v) is 13.7. The third-order valence-electron chi connectivity index (χ3n) is 7.02. The lowest BCUT2D eigenvalue weighted by Gasteiger charge is -2.24. The number of nitriles is 1. The van der Waals surface area contributed by atoms with E-state index in [2.05, 4.69) is 15.1 Å². The molecule has 3 heterocycles. The minimum absolute atomic E-state index is 0.0453. The molecule has 0 radical (unpaired) electrons. The minimum Gasteiger partial charge on any atom is -0.459 e. The summed E-state index contributed by atoms with van der Waals surface area (Å²) >= 11 is 0. The number of ether oxygens (including phenoxy) is 4. The molecular formula is C32H23N5O8. The van der Waals surface area contributed by atoms with Crippen molar-refractivity contribution >= 4 is 28.9 Å². The topological polar surface area (TPSA) is 175 Å². The van der Waals surface area contributed by atoms with Gasteiger partial charge in [0.15, 0.2) is 29.8 Å². The van der Waals surface area contributed by atoms with Crippen molar-refractivity contribution in [2.24, 2.45) is 0 Å². The van der Waals surface area contributed by atoms with E-state index in [1.54, 1.807) is 78.9 Å². The summed E-state index contributed by atoms with van der Waals surface area (Å²) in [6, 6.07) is 26.3. The molecule has 0 aliphatic carbocycles. The average Bonchev–Trinajstić information content (AvgIpc) is 3.63. The summed E-state index contributed by atoms with van der Waals surface area (Å²) in [5.41, 5.74) is -0.250. The molecule has 0 amide bonds. The average molecular weight is 606 g/mol. The minimum atomic E-state index is -1.40. The Kier molecular flexibility index (Phi) is 8.12. The summed E-state index contributed by atoms with van der Waals surface area (Å²) in [5, 5.41) is 13.8. The fourth-order valence-electron chi connectivity index (χ4n) is 4.89. The Morgan fingerprint density at radius 1 is 0.822 bits per heavy atom. The van der Waals surface area contributed by atoms with Crippen LogP contribution < -0.4 is 5.56 Å². The van der Waals surface area contributed by atoms with Crippen LogP contribution in [0.1, 0.15) is 43.0 Å². The molecule has 1 aliphatic heterocycles. The number of aromatic amines is 1. The Morgan fingerprint density at radius 3 is 1.91 bits per heavy atom. The van der Waals surface area contributed by atoms with Crippen LogP contribution >= 0.6 is 0 Å². The number of nitrogens with zero attached hydrogens (tertiary/aromatic N) is 4. The Labute approximate surface area is 254 Å². The van der Waals surface area contributed by atoms with Crippen LogP contribution in [0.3, 0.4) is 0 Å². The summed E-state index contributed by atoms with van der Waals surface area (Å²) < 4.78 is 24.7. The van der Waals surface area contributed by atoms with Crippen molar-refractivity contribution in [3.8, 4) is 6.07 Å². The van der Waals surface area contributed by atoms with Gasteiger partial charge in [0.1, 0.15) is 24.2 Å². The number of nitrogens with one attached hydrogen (secondary N) is 1. The van der Waals surface area contributed by atoms with Gasteiger partial charge in [-0.3, -0.25) is 4.79 Å². The van der Waals surface area contributed by atoms with Crippen LogP contribution in [0.5, 0.6) is 0 Å². The van der Waals surface area contributed by atoms with Gasteiger partial charge in [0, 0.05) is 0 Å². The summed E-state index contributed by atoms with van der Waals surface area (Å²) in [5.74, 6) is -2.21. The van der Waals surface area contributed by atoms with Crippen molar-refractivity contribution in [1.29, 1.82) is 5.26 Å². The van der Waals surface area contributed by atoms with Crippen molar-refractivity contribution in [2.75, 3.05) is 6.61 Å². The fourth-order valence-corrected chi connectivity index (χ4v) is 4.89. The second-order valence-corrected chi connectivity index (χ2v) is 9.84. The number of hydrogen-bond acceptors (Lipinski definition) is 11. The lowest BCUT2D eigenvalue weighted by atomic mass is 10.1. The quantitative estimate of drug-likeness (QED) is 0.203. The van der Waals surface area contributed by atoms with Gasteiger partial charge in [-0.2, -0.15) is 10.4 Å². The van der Waals surface area contributed by atoms with Crippen molar-refractivity contribution in [3.05, 3.63) is 130 Å². The van der Waals surface area contributed by atoms with E-state index in [-0.39, 0.29) is 33.4 Å². The van der Waals surface area contributed by atoms with Crippen LogP contribution in [-0.2, 0) is 18.9 Å². The third-order valence-corrected chi connectivity index (χ3v) is 7.02. The number of hydrogen-bond donors (Lipinski definition) is 1. The van der Waals surface area contributed by atoms with E-state index in [1.165, 1.54) is 12.1 Å². The molecular weight excluding hydrogens is 582 g/mol. The first kappa shape index (κ1) is 29.0. The molecule has 3 aromatic carbocycles. The molecule has 0 saturated carbocycles. The first-order valence-electron chi connectivity index (χ1n) is 13.7. The van der Waals surface area contributed by atoms with Crippen LogP contribution in [0.2, 0.25) is 0 Å². The normalized spacial score (nSPS) is 19.0. The van der Waals surface area contributed by atoms with Crippen LogP contribution in [0.25, 0.3) is 11.0 Å². The Balaban J connectivity index is 1.41. The Bertz CT molecular complexity index is 1950. The number of carbonyl (C=O) groups is 3. The van der Waals surface area contributed by atoms with E-state index >= 15 is 0 Å². The van der Waals surface area contributed by atoms with E-state index < -0.39 is 54.6 Å². The SMILES string of the molecule is N#Cc1nn([C@@H]2O[C@H](COC(=O)c3ccccc3)[C@@H](OC(=O)c3ccccc3)[C@@H]2OC(=O)c2ccccc2)c2nc[nH]c(=O)c12. The monoisotopic (exact) mass is 605 g/mol. The Hall–Kier alpha value is -6.13. The van der Waals surface area contributed by atoms with Gasteiger partial charge >= 0.3 is 17.9 Å². The zero-order chi connectivity index (χ0) is 31.3. The summed E-state index contributed by atoms with van der Waals surface area (Å²) in [4.78, 5) is 58.7. The van der Waals surface area contributed by atoms with Gasteiger partial charge in [0.2, 0.25) is 0 Å². The highest BCUT2D eigenvalue weighted by Crippen LogP contribution is 2.36. The van der Waals surface area contributed by atoms with Crippen molar-refractivity contribution < 1.29 is 33.3 Å². The molecule has 0 bridgehead atoms. The zero-order valence-corrected chi connectivity index (χ0v) is 23.3. The van der Waals surface area contributed by atoms with Crippen molar-refractivity contribution in [1.82, 2.24) is 19.7 Å². The predicted molar refractivity (Wildman–Crippen MR) is 155 cm³/mol. The highest BCUT2D eigenvalue weighted by Gasteiger charge is 2.52. The van der Waals surface area contributed by atoms with Crippen LogP contribution in [0.15, 0.2) is 102 Å². The van der Waals surface area contributed by atoms with E-state index in [0.717, 1.165) is 11.0 Å². The van der Waals surface area contributed by atoms with Crippen LogP contribution in [-0.4, -0.2) is 62.6 Å².